The number of benzene rings is 2. The van der Waals surface area contributed by atoms with Crippen molar-refractivity contribution >= 4 is 35.0 Å². The van der Waals surface area contributed by atoms with Crippen LogP contribution < -0.4 is 10.6 Å². The third-order valence-electron chi connectivity index (χ3n) is 3.60. The first-order chi connectivity index (χ1) is 11.8. The van der Waals surface area contributed by atoms with Crippen molar-refractivity contribution in [1.29, 1.82) is 0 Å². The summed E-state index contributed by atoms with van der Waals surface area (Å²) in [6.07, 6.45) is 0. The summed E-state index contributed by atoms with van der Waals surface area (Å²) >= 11 is 1.25. The molecule has 2 amide bonds. The maximum absolute atomic E-state index is 12.8. The van der Waals surface area contributed by atoms with Crippen molar-refractivity contribution in [2.24, 2.45) is 0 Å². The molecule has 4 nitrogen and oxygen atoms in total. The molecule has 132 valence electrons. The Hall–Kier alpha value is -2.34. The number of carbonyl (C=O) groups is 2. The predicted octanol–water partition coefficient (Wildman–Crippen LogP) is 4.14. The van der Waals surface area contributed by atoms with Crippen LogP contribution in [-0.4, -0.2) is 22.8 Å². The second-order valence-corrected chi connectivity index (χ2v) is 7.15. The second kappa shape index (κ2) is 8.67. The highest BCUT2D eigenvalue weighted by atomic mass is 32.2. The van der Waals surface area contributed by atoms with Gasteiger partial charge in [-0.15, -0.1) is 11.8 Å². The molecule has 0 bridgehead atoms. The van der Waals surface area contributed by atoms with Crippen molar-refractivity contribution in [1.82, 2.24) is 0 Å². The molecule has 2 aromatic rings. The largest absolute Gasteiger partial charge is 0.325 e. The lowest BCUT2D eigenvalue weighted by Crippen LogP contribution is -2.25. The van der Waals surface area contributed by atoms with Gasteiger partial charge in [-0.2, -0.15) is 0 Å². The van der Waals surface area contributed by atoms with Gasteiger partial charge in [0, 0.05) is 11.4 Å². The molecule has 0 spiro atoms. The molecule has 0 aliphatic rings. The van der Waals surface area contributed by atoms with E-state index in [1.807, 2.05) is 32.0 Å². The van der Waals surface area contributed by atoms with Gasteiger partial charge in [-0.1, -0.05) is 17.7 Å². The van der Waals surface area contributed by atoms with Crippen molar-refractivity contribution < 1.29 is 14.0 Å². The highest BCUT2D eigenvalue weighted by molar-refractivity contribution is 8.01. The van der Waals surface area contributed by atoms with Crippen molar-refractivity contribution in [2.75, 3.05) is 16.4 Å². The minimum absolute atomic E-state index is 0.138. The summed E-state index contributed by atoms with van der Waals surface area (Å²) < 4.78 is 12.8. The summed E-state index contributed by atoms with van der Waals surface area (Å²) in [7, 11) is 0. The molecule has 0 fully saturated rings. The Bertz CT molecular complexity index is 763. The Kier molecular flexibility index (Phi) is 6.58. The molecule has 2 rings (SSSR count). The molecule has 2 N–H and O–H groups in total. The third kappa shape index (κ3) is 5.90. The van der Waals surface area contributed by atoms with Crippen molar-refractivity contribution in [3.63, 3.8) is 0 Å². The molecule has 0 saturated heterocycles. The maximum Gasteiger partial charge on any atom is 0.237 e. The lowest BCUT2D eigenvalue weighted by atomic mass is 10.1. The molecule has 2 aromatic carbocycles. The molecule has 0 aromatic heterocycles. The Balaban J connectivity index is 1.82. The fraction of sp³-hybridized carbons (Fsp3) is 0.263. The zero-order valence-corrected chi connectivity index (χ0v) is 15.2. The van der Waals surface area contributed by atoms with Gasteiger partial charge in [0.05, 0.1) is 11.0 Å². The second-order valence-electron chi connectivity index (χ2n) is 5.82. The third-order valence-corrected chi connectivity index (χ3v) is 4.74. The van der Waals surface area contributed by atoms with Crippen LogP contribution in [0.15, 0.2) is 42.5 Å². The van der Waals surface area contributed by atoms with Gasteiger partial charge in [0.15, 0.2) is 0 Å². The smallest absolute Gasteiger partial charge is 0.237 e. The molecule has 25 heavy (non-hydrogen) atoms. The van der Waals surface area contributed by atoms with E-state index in [0.717, 1.165) is 16.8 Å². The Labute approximate surface area is 151 Å². The molecule has 6 heteroatoms. The van der Waals surface area contributed by atoms with Crippen LogP contribution >= 0.6 is 11.8 Å². The van der Waals surface area contributed by atoms with E-state index in [4.69, 9.17) is 0 Å². The number of carbonyl (C=O) groups excluding carboxylic acids is 2. The van der Waals surface area contributed by atoms with Gasteiger partial charge in [-0.25, -0.2) is 4.39 Å². The van der Waals surface area contributed by atoms with Crippen LogP contribution in [0.4, 0.5) is 15.8 Å². The van der Waals surface area contributed by atoms with E-state index < -0.39 is 0 Å². The summed E-state index contributed by atoms with van der Waals surface area (Å²) in [4.78, 5) is 24.2. The summed E-state index contributed by atoms with van der Waals surface area (Å²) in [5, 5.41) is 5.18. The monoisotopic (exact) mass is 360 g/mol. The Morgan fingerprint density at radius 1 is 1.08 bits per heavy atom. The molecule has 0 aliphatic carbocycles. The van der Waals surface area contributed by atoms with Gasteiger partial charge in [-0.3, -0.25) is 9.59 Å². The molecule has 0 radical (unpaired) electrons. The number of hydrogen-bond acceptors (Lipinski definition) is 3. The zero-order valence-electron chi connectivity index (χ0n) is 14.4. The Morgan fingerprint density at radius 3 is 2.40 bits per heavy atom. The lowest BCUT2D eigenvalue weighted by molar-refractivity contribution is -0.115. The summed E-state index contributed by atoms with van der Waals surface area (Å²) in [6, 6.07) is 11.4. The molecule has 1 atom stereocenters. The van der Waals surface area contributed by atoms with Gasteiger partial charge in [0.2, 0.25) is 11.8 Å². The van der Waals surface area contributed by atoms with E-state index in [-0.39, 0.29) is 28.6 Å². The predicted molar refractivity (Wildman–Crippen MR) is 101 cm³/mol. The number of aryl methyl sites for hydroxylation is 2. The molecular weight excluding hydrogens is 339 g/mol. The SMILES string of the molecule is Cc1ccc(NC(=O)[C@@H](C)SCC(=O)Nc2ccc(F)cc2)c(C)c1. The van der Waals surface area contributed by atoms with Gasteiger partial charge in [-0.05, 0) is 56.7 Å². The van der Waals surface area contributed by atoms with Crippen molar-refractivity contribution in [3.8, 4) is 0 Å². The van der Waals surface area contributed by atoms with Gasteiger partial charge in [0.1, 0.15) is 5.82 Å². The highest BCUT2D eigenvalue weighted by Crippen LogP contribution is 2.19. The van der Waals surface area contributed by atoms with Gasteiger partial charge in [0.25, 0.3) is 0 Å². The molecule has 0 heterocycles. The quantitative estimate of drug-likeness (QED) is 0.814. The number of anilines is 2. The first-order valence-corrected chi connectivity index (χ1v) is 8.95. The van der Waals surface area contributed by atoms with Crippen LogP contribution in [0.1, 0.15) is 18.1 Å². The molecule has 0 unspecified atom stereocenters. The standard InChI is InChI=1S/C19H21FN2O2S/c1-12-4-9-17(13(2)10-12)22-19(24)14(3)25-11-18(23)21-16-7-5-15(20)6-8-16/h4-10,14H,11H2,1-3H3,(H,21,23)(H,22,24)/t14-/m1/s1. The zero-order chi connectivity index (χ0) is 18.4. The van der Waals surface area contributed by atoms with E-state index in [0.29, 0.717) is 5.69 Å². The van der Waals surface area contributed by atoms with E-state index in [9.17, 15) is 14.0 Å². The summed E-state index contributed by atoms with van der Waals surface area (Å²) in [5.41, 5.74) is 3.44. The number of amides is 2. The normalized spacial score (nSPS) is 11.7. The topological polar surface area (TPSA) is 58.2 Å². The highest BCUT2D eigenvalue weighted by Gasteiger charge is 2.16. The van der Waals surface area contributed by atoms with Crippen LogP contribution in [0.3, 0.4) is 0 Å². The Morgan fingerprint density at radius 2 is 1.76 bits per heavy atom. The van der Waals surface area contributed by atoms with Gasteiger partial charge < -0.3 is 10.6 Å². The number of halogens is 1. The van der Waals surface area contributed by atoms with Crippen molar-refractivity contribution in [2.45, 2.75) is 26.0 Å². The minimum Gasteiger partial charge on any atom is -0.325 e. The van der Waals surface area contributed by atoms with E-state index in [1.165, 1.54) is 36.0 Å². The summed E-state index contributed by atoms with van der Waals surface area (Å²) in [5.74, 6) is -0.600. The number of nitrogens with one attached hydrogen (secondary N) is 2. The maximum atomic E-state index is 12.8. The number of rotatable bonds is 6. The van der Waals surface area contributed by atoms with Crippen LogP contribution in [-0.2, 0) is 9.59 Å². The minimum atomic E-state index is -0.375. The van der Waals surface area contributed by atoms with E-state index >= 15 is 0 Å². The first kappa shape index (κ1) is 19.0. The fourth-order valence-corrected chi connectivity index (χ4v) is 2.88. The van der Waals surface area contributed by atoms with E-state index in [1.54, 1.807) is 6.92 Å². The fourth-order valence-electron chi connectivity index (χ4n) is 2.19. The van der Waals surface area contributed by atoms with Crippen LogP contribution in [0.2, 0.25) is 0 Å². The number of thioether (sulfide) groups is 1. The summed E-state index contributed by atoms with van der Waals surface area (Å²) in [6.45, 7) is 5.70. The first-order valence-electron chi connectivity index (χ1n) is 7.90. The lowest BCUT2D eigenvalue weighted by Gasteiger charge is -2.14. The van der Waals surface area contributed by atoms with E-state index in [2.05, 4.69) is 10.6 Å². The van der Waals surface area contributed by atoms with Crippen LogP contribution in [0.5, 0.6) is 0 Å². The average Bonchev–Trinajstić information content (AvgIpc) is 2.57. The van der Waals surface area contributed by atoms with Crippen molar-refractivity contribution in [3.05, 3.63) is 59.4 Å². The molecule has 0 aliphatic heterocycles. The average molecular weight is 360 g/mol. The number of hydrogen-bond donors (Lipinski definition) is 2. The van der Waals surface area contributed by atoms with Crippen LogP contribution in [0, 0.1) is 19.7 Å². The molecule has 0 saturated carbocycles. The van der Waals surface area contributed by atoms with Gasteiger partial charge >= 0.3 is 0 Å². The van der Waals surface area contributed by atoms with Crippen LogP contribution in [0.25, 0.3) is 0 Å². The molecular formula is C19H21FN2O2S.